The van der Waals surface area contributed by atoms with Gasteiger partial charge in [0.15, 0.2) is 0 Å². The van der Waals surface area contributed by atoms with Gasteiger partial charge < -0.3 is 5.32 Å². The van der Waals surface area contributed by atoms with Crippen LogP contribution in [0.2, 0.25) is 0 Å². The molecule has 0 saturated heterocycles. The topological polar surface area (TPSA) is 29.9 Å². The van der Waals surface area contributed by atoms with Gasteiger partial charge in [0, 0.05) is 12.7 Å². The first-order valence-corrected chi connectivity index (χ1v) is 6.53. The van der Waals surface area contributed by atoms with Gasteiger partial charge in [-0.2, -0.15) is 5.10 Å². The fourth-order valence-electron chi connectivity index (χ4n) is 2.30. The molecule has 0 bridgehead atoms. The molecule has 0 atom stereocenters. The first-order valence-electron chi connectivity index (χ1n) is 6.53. The molecule has 1 heterocycles. The van der Waals surface area contributed by atoms with E-state index in [9.17, 15) is 0 Å². The van der Waals surface area contributed by atoms with Crippen LogP contribution in [-0.4, -0.2) is 16.3 Å². The van der Waals surface area contributed by atoms with Crippen LogP contribution in [0.15, 0.2) is 12.4 Å². The monoisotopic (exact) mass is 257 g/mol. The second kappa shape index (κ2) is 6.90. The van der Waals surface area contributed by atoms with Gasteiger partial charge >= 0.3 is 0 Å². The summed E-state index contributed by atoms with van der Waals surface area (Å²) in [6, 6.07) is 0.653. The summed E-state index contributed by atoms with van der Waals surface area (Å²) in [5.41, 5.74) is 1.17. The summed E-state index contributed by atoms with van der Waals surface area (Å²) < 4.78 is 2.14. The number of hydrogen-bond donors (Lipinski definition) is 1. The lowest BCUT2D eigenvalue weighted by molar-refractivity contribution is 0.467. The molecule has 0 aromatic carbocycles. The molecule has 3 nitrogen and oxygen atoms in total. The van der Waals surface area contributed by atoms with Crippen molar-refractivity contribution in [1.82, 2.24) is 9.78 Å². The van der Waals surface area contributed by atoms with Gasteiger partial charge in [0.05, 0.1) is 17.9 Å². The molecule has 0 spiro atoms. The molecule has 1 aliphatic rings. The maximum Gasteiger partial charge on any atom is 0.0726 e. The van der Waals surface area contributed by atoms with Crippen LogP contribution in [0.3, 0.4) is 0 Å². The van der Waals surface area contributed by atoms with Crippen molar-refractivity contribution in [3.8, 4) is 0 Å². The zero-order chi connectivity index (χ0) is 11.4. The van der Waals surface area contributed by atoms with Gasteiger partial charge in [0.25, 0.3) is 0 Å². The second-order valence-electron chi connectivity index (χ2n) is 5.26. The summed E-state index contributed by atoms with van der Waals surface area (Å²) in [5, 5.41) is 7.89. The molecule has 4 heteroatoms. The molecular weight excluding hydrogens is 234 g/mol. The van der Waals surface area contributed by atoms with Gasteiger partial charge in [0.2, 0.25) is 0 Å². The van der Waals surface area contributed by atoms with E-state index in [0.717, 1.165) is 12.5 Å². The highest BCUT2D eigenvalue weighted by atomic mass is 35.5. The maximum atomic E-state index is 4.45. The molecule has 1 aromatic heterocycles. The highest BCUT2D eigenvalue weighted by molar-refractivity contribution is 5.85. The van der Waals surface area contributed by atoms with E-state index in [1.807, 2.05) is 6.20 Å². The van der Waals surface area contributed by atoms with Gasteiger partial charge in [-0.3, -0.25) is 4.68 Å². The quantitative estimate of drug-likeness (QED) is 0.868. The Balaban J connectivity index is 0.00000144. The lowest BCUT2D eigenvalue weighted by Crippen LogP contribution is -2.05. The molecule has 98 valence electrons. The summed E-state index contributed by atoms with van der Waals surface area (Å²) >= 11 is 0. The predicted octanol–water partition coefficient (Wildman–Crippen LogP) is 3.88. The van der Waals surface area contributed by atoms with Crippen molar-refractivity contribution in [2.75, 3.05) is 11.9 Å². The predicted molar refractivity (Wildman–Crippen MR) is 74.9 cm³/mol. The van der Waals surface area contributed by atoms with Crippen LogP contribution in [0.4, 0.5) is 5.69 Å². The summed E-state index contributed by atoms with van der Waals surface area (Å²) in [7, 11) is 0. The van der Waals surface area contributed by atoms with Gasteiger partial charge in [0.1, 0.15) is 0 Å². The third-order valence-electron chi connectivity index (χ3n) is 3.35. The summed E-state index contributed by atoms with van der Waals surface area (Å²) in [5.74, 6) is 0.761. The Kier molecular flexibility index (Phi) is 5.83. The van der Waals surface area contributed by atoms with Crippen molar-refractivity contribution in [3.63, 3.8) is 0 Å². The maximum absolute atomic E-state index is 4.45. The zero-order valence-electron chi connectivity index (χ0n) is 10.9. The first-order chi connectivity index (χ1) is 7.75. The molecule has 0 amide bonds. The van der Waals surface area contributed by atoms with Crippen LogP contribution in [0.1, 0.15) is 52.0 Å². The average molecular weight is 258 g/mol. The Morgan fingerprint density at radius 3 is 2.76 bits per heavy atom. The number of nitrogens with zero attached hydrogens (tertiary/aromatic N) is 2. The lowest BCUT2D eigenvalue weighted by atomic mass is 10.1. The first kappa shape index (κ1) is 14.4. The van der Waals surface area contributed by atoms with Crippen molar-refractivity contribution in [1.29, 1.82) is 0 Å². The number of aromatic nitrogens is 2. The molecule has 1 saturated carbocycles. The van der Waals surface area contributed by atoms with Gasteiger partial charge in [-0.1, -0.05) is 26.7 Å². The molecule has 1 N–H and O–H groups in total. The van der Waals surface area contributed by atoms with Crippen LogP contribution in [0, 0.1) is 5.92 Å². The Morgan fingerprint density at radius 2 is 2.12 bits per heavy atom. The molecule has 0 unspecified atom stereocenters. The number of hydrogen-bond acceptors (Lipinski definition) is 2. The van der Waals surface area contributed by atoms with E-state index in [-0.39, 0.29) is 12.4 Å². The zero-order valence-corrected chi connectivity index (χ0v) is 11.7. The number of rotatable bonds is 5. The minimum absolute atomic E-state index is 0. The van der Waals surface area contributed by atoms with Gasteiger partial charge in [-0.15, -0.1) is 12.4 Å². The third-order valence-corrected chi connectivity index (χ3v) is 3.35. The smallest absolute Gasteiger partial charge is 0.0726 e. The van der Waals surface area contributed by atoms with Crippen LogP contribution < -0.4 is 5.32 Å². The molecular formula is C13H24ClN3. The summed E-state index contributed by atoms with van der Waals surface area (Å²) in [6.07, 6.45) is 10.7. The second-order valence-corrected chi connectivity index (χ2v) is 5.26. The number of nitrogens with one attached hydrogen (secondary N) is 1. The average Bonchev–Trinajstić information content (AvgIpc) is 2.85. The van der Waals surface area contributed by atoms with Crippen LogP contribution >= 0.6 is 12.4 Å². The summed E-state index contributed by atoms with van der Waals surface area (Å²) in [4.78, 5) is 0. The van der Waals surface area contributed by atoms with E-state index in [1.54, 1.807) is 0 Å². The minimum atomic E-state index is 0. The largest absolute Gasteiger partial charge is 0.383 e. The minimum Gasteiger partial charge on any atom is -0.383 e. The van der Waals surface area contributed by atoms with E-state index < -0.39 is 0 Å². The van der Waals surface area contributed by atoms with E-state index in [2.05, 4.69) is 35.1 Å². The lowest BCUT2D eigenvalue weighted by Gasteiger charge is -2.09. The number of halogens is 1. The molecule has 1 fully saturated rings. The molecule has 1 aromatic rings. The molecule has 17 heavy (non-hydrogen) atoms. The van der Waals surface area contributed by atoms with E-state index in [4.69, 9.17) is 0 Å². The Labute approximate surface area is 110 Å². The third kappa shape index (κ3) is 4.23. The number of anilines is 1. The molecule has 0 radical (unpaired) electrons. The normalized spacial score (nSPS) is 16.2. The molecule has 1 aliphatic carbocycles. The summed E-state index contributed by atoms with van der Waals surface area (Å²) in [6.45, 7) is 5.56. The van der Waals surface area contributed by atoms with Crippen molar-refractivity contribution < 1.29 is 0 Å². The van der Waals surface area contributed by atoms with Crippen LogP contribution in [0.5, 0.6) is 0 Å². The Bertz CT molecular complexity index is 316. The van der Waals surface area contributed by atoms with E-state index in [1.165, 1.54) is 37.8 Å². The highest BCUT2D eigenvalue weighted by Gasteiger charge is 2.17. The highest BCUT2D eigenvalue weighted by Crippen LogP contribution is 2.29. The van der Waals surface area contributed by atoms with Crippen LogP contribution in [-0.2, 0) is 0 Å². The van der Waals surface area contributed by atoms with Crippen molar-refractivity contribution in [2.24, 2.45) is 5.92 Å². The molecule has 2 rings (SSSR count). The fourth-order valence-corrected chi connectivity index (χ4v) is 2.30. The Morgan fingerprint density at radius 1 is 1.41 bits per heavy atom. The van der Waals surface area contributed by atoms with Crippen molar-refractivity contribution in [2.45, 2.75) is 52.0 Å². The van der Waals surface area contributed by atoms with Crippen molar-refractivity contribution >= 4 is 18.1 Å². The molecule has 0 aliphatic heterocycles. The Hall–Kier alpha value is -0.700. The van der Waals surface area contributed by atoms with Gasteiger partial charge in [-0.05, 0) is 25.2 Å². The van der Waals surface area contributed by atoms with E-state index >= 15 is 0 Å². The fraction of sp³-hybridized carbons (Fsp3) is 0.769. The van der Waals surface area contributed by atoms with Crippen LogP contribution in [0.25, 0.3) is 0 Å². The van der Waals surface area contributed by atoms with Crippen molar-refractivity contribution in [3.05, 3.63) is 12.4 Å². The van der Waals surface area contributed by atoms with Gasteiger partial charge in [-0.25, -0.2) is 0 Å². The standard InChI is InChI=1S/C13H23N3.ClH/c1-11(2)7-8-14-12-9-15-16(10-12)13-5-3-4-6-13;/h9-11,13-14H,3-8H2,1-2H3;1H. The van der Waals surface area contributed by atoms with E-state index in [0.29, 0.717) is 6.04 Å². The SMILES string of the molecule is CC(C)CCNc1cnn(C2CCCC2)c1.Cl.